The van der Waals surface area contributed by atoms with E-state index in [4.69, 9.17) is 9.47 Å². The van der Waals surface area contributed by atoms with E-state index >= 15 is 0 Å². The molecule has 2 aliphatic heterocycles. The summed E-state index contributed by atoms with van der Waals surface area (Å²) in [5.74, 6) is 1.62. The molecule has 2 aromatic carbocycles. The fourth-order valence-electron chi connectivity index (χ4n) is 3.57. The van der Waals surface area contributed by atoms with Gasteiger partial charge in [-0.25, -0.2) is 0 Å². The molecular formula is C22H24N2O5. The van der Waals surface area contributed by atoms with Crippen molar-refractivity contribution in [3.8, 4) is 11.5 Å². The number of hydrogen-bond acceptors (Lipinski definition) is 5. The highest BCUT2D eigenvalue weighted by molar-refractivity contribution is 6.00. The van der Waals surface area contributed by atoms with Crippen molar-refractivity contribution in [2.24, 2.45) is 0 Å². The number of benzene rings is 2. The molecule has 29 heavy (non-hydrogen) atoms. The molecule has 2 aliphatic rings. The fourth-order valence-corrected chi connectivity index (χ4v) is 3.57. The Morgan fingerprint density at radius 3 is 1.86 bits per heavy atom. The molecule has 0 unspecified atom stereocenters. The number of nitrogens with one attached hydrogen (secondary N) is 2. The first-order valence-electron chi connectivity index (χ1n) is 9.39. The van der Waals surface area contributed by atoms with Crippen LogP contribution in [-0.4, -0.2) is 32.3 Å². The number of carbonyl (C=O) groups is 3. The molecule has 2 amide bonds. The first kappa shape index (κ1) is 20.4. The highest BCUT2D eigenvalue weighted by atomic mass is 16.5. The van der Waals surface area contributed by atoms with Crippen LogP contribution in [0.5, 0.6) is 11.5 Å². The van der Waals surface area contributed by atoms with Crippen molar-refractivity contribution in [1.82, 2.24) is 0 Å². The van der Waals surface area contributed by atoms with Gasteiger partial charge in [-0.2, -0.15) is 0 Å². The molecule has 4 rings (SSSR count). The zero-order valence-electron chi connectivity index (χ0n) is 16.8. The van der Waals surface area contributed by atoms with Gasteiger partial charge in [0.15, 0.2) is 6.29 Å². The Morgan fingerprint density at radius 1 is 0.793 bits per heavy atom. The van der Waals surface area contributed by atoms with Crippen molar-refractivity contribution in [2.75, 3.05) is 24.9 Å². The second-order valence-corrected chi connectivity index (χ2v) is 6.86. The minimum absolute atomic E-state index is 0.0566. The van der Waals surface area contributed by atoms with Gasteiger partial charge in [0, 0.05) is 29.5 Å². The molecule has 2 aromatic rings. The van der Waals surface area contributed by atoms with Crippen LogP contribution in [0.15, 0.2) is 24.3 Å². The number of anilines is 2. The quantitative estimate of drug-likeness (QED) is 0.777. The van der Waals surface area contributed by atoms with E-state index in [1.54, 1.807) is 26.4 Å². The topological polar surface area (TPSA) is 93.7 Å². The molecule has 0 saturated carbocycles. The number of aldehydes is 1. The summed E-state index contributed by atoms with van der Waals surface area (Å²) in [6.07, 6.45) is 3.11. The Kier molecular flexibility index (Phi) is 6.16. The van der Waals surface area contributed by atoms with Crippen molar-refractivity contribution >= 4 is 29.5 Å². The molecule has 7 heteroatoms. The average Bonchev–Trinajstić information content (AvgIpc) is 2.74. The lowest BCUT2D eigenvalue weighted by Gasteiger charge is -2.21. The predicted molar refractivity (Wildman–Crippen MR) is 110 cm³/mol. The largest absolute Gasteiger partial charge is 0.496 e. The second-order valence-electron chi connectivity index (χ2n) is 6.86. The van der Waals surface area contributed by atoms with Crippen molar-refractivity contribution in [3.05, 3.63) is 46.5 Å². The van der Waals surface area contributed by atoms with Crippen LogP contribution >= 0.6 is 0 Å². The number of carbonyl (C=O) groups excluding carboxylic acids is 3. The van der Waals surface area contributed by atoms with Gasteiger partial charge in [0.05, 0.1) is 25.6 Å². The Labute approximate surface area is 169 Å². The Balaban J connectivity index is 0.000000166. The molecule has 0 fully saturated rings. The van der Waals surface area contributed by atoms with E-state index in [0.717, 1.165) is 46.6 Å². The maximum atomic E-state index is 11.2. The summed E-state index contributed by atoms with van der Waals surface area (Å²) in [5, 5.41) is 5.59. The first-order valence-corrected chi connectivity index (χ1v) is 9.39. The summed E-state index contributed by atoms with van der Waals surface area (Å²) in [5.41, 5.74) is 5.14. The van der Waals surface area contributed by atoms with Crippen molar-refractivity contribution < 1.29 is 23.9 Å². The highest BCUT2D eigenvalue weighted by Crippen LogP contribution is 2.34. The summed E-state index contributed by atoms with van der Waals surface area (Å²) in [6.45, 7) is 1.99. The maximum Gasteiger partial charge on any atom is 0.224 e. The van der Waals surface area contributed by atoms with E-state index in [-0.39, 0.29) is 11.8 Å². The van der Waals surface area contributed by atoms with Crippen LogP contribution in [0.4, 0.5) is 11.4 Å². The molecule has 0 bridgehead atoms. The summed E-state index contributed by atoms with van der Waals surface area (Å²) in [4.78, 5) is 33.2. The standard InChI is InChI=1S/C11H11NO3.C11H13NO2/c1-15-9-4-2-7(6-13)11-8(9)3-5-10(14)12-11;1-7-3-5-9(14-2)8-4-6-10(13)12-11(7)8/h2,4,6H,3,5H2,1H3,(H,12,14);3,5H,4,6H2,1-2H3,(H,12,13). The molecule has 2 heterocycles. The van der Waals surface area contributed by atoms with Crippen molar-refractivity contribution in [2.45, 2.75) is 32.6 Å². The number of methoxy groups -OCH3 is 2. The number of ether oxygens (including phenoxy) is 2. The summed E-state index contributed by atoms with van der Waals surface area (Å²) in [6, 6.07) is 7.31. The number of amides is 2. The van der Waals surface area contributed by atoms with Crippen LogP contribution in [0.25, 0.3) is 0 Å². The van der Waals surface area contributed by atoms with Crippen LogP contribution in [-0.2, 0) is 22.4 Å². The molecular weight excluding hydrogens is 372 g/mol. The van der Waals surface area contributed by atoms with E-state index in [1.807, 2.05) is 19.1 Å². The number of hydrogen-bond donors (Lipinski definition) is 2. The normalized spacial score (nSPS) is 14.3. The third-order valence-corrected chi connectivity index (χ3v) is 5.08. The minimum Gasteiger partial charge on any atom is -0.496 e. The van der Waals surface area contributed by atoms with E-state index < -0.39 is 0 Å². The maximum absolute atomic E-state index is 11.2. The molecule has 0 atom stereocenters. The SMILES string of the molecule is COc1ccc(C)c2c1CCC(=O)N2.COc1ccc(C=O)c2c1CCC(=O)N2. The first-order chi connectivity index (χ1) is 14.0. The summed E-state index contributed by atoms with van der Waals surface area (Å²) >= 11 is 0. The van der Waals surface area contributed by atoms with Gasteiger partial charge in [0.1, 0.15) is 11.5 Å². The van der Waals surface area contributed by atoms with E-state index in [9.17, 15) is 14.4 Å². The van der Waals surface area contributed by atoms with Crippen LogP contribution in [0.2, 0.25) is 0 Å². The van der Waals surface area contributed by atoms with E-state index in [0.29, 0.717) is 30.5 Å². The summed E-state index contributed by atoms with van der Waals surface area (Å²) < 4.78 is 10.4. The van der Waals surface area contributed by atoms with Crippen LogP contribution in [0.1, 0.15) is 39.9 Å². The van der Waals surface area contributed by atoms with Gasteiger partial charge < -0.3 is 20.1 Å². The number of aryl methyl sites for hydroxylation is 1. The Bertz CT molecular complexity index is 968. The minimum atomic E-state index is -0.0566. The number of rotatable bonds is 3. The summed E-state index contributed by atoms with van der Waals surface area (Å²) in [7, 11) is 3.23. The van der Waals surface area contributed by atoms with Crippen LogP contribution in [0.3, 0.4) is 0 Å². The van der Waals surface area contributed by atoms with E-state index in [2.05, 4.69) is 10.6 Å². The predicted octanol–water partition coefficient (Wildman–Crippen LogP) is 3.28. The van der Waals surface area contributed by atoms with Gasteiger partial charge in [0.25, 0.3) is 0 Å². The van der Waals surface area contributed by atoms with Crippen molar-refractivity contribution in [3.63, 3.8) is 0 Å². The molecule has 2 N–H and O–H groups in total. The highest BCUT2D eigenvalue weighted by Gasteiger charge is 2.21. The Morgan fingerprint density at radius 2 is 1.31 bits per heavy atom. The van der Waals surface area contributed by atoms with Gasteiger partial charge in [-0.1, -0.05) is 6.07 Å². The third-order valence-electron chi connectivity index (χ3n) is 5.08. The van der Waals surface area contributed by atoms with Gasteiger partial charge in [-0.05, 0) is 43.5 Å². The smallest absolute Gasteiger partial charge is 0.224 e. The van der Waals surface area contributed by atoms with Gasteiger partial charge in [-0.15, -0.1) is 0 Å². The van der Waals surface area contributed by atoms with E-state index in [1.165, 1.54) is 0 Å². The number of fused-ring (bicyclic) bond motifs is 2. The van der Waals surface area contributed by atoms with Crippen molar-refractivity contribution in [1.29, 1.82) is 0 Å². The third kappa shape index (κ3) is 4.23. The molecule has 152 valence electrons. The van der Waals surface area contributed by atoms with Gasteiger partial charge in [0.2, 0.25) is 11.8 Å². The second kappa shape index (κ2) is 8.77. The molecule has 0 radical (unpaired) electrons. The zero-order chi connectivity index (χ0) is 21.0. The fraction of sp³-hybridized carbons (Fsp3) is 0.318. The lowest BCUT2D eigenvalue weighted by molar-refractivity contribution is -0.117. The molecule has 0 aliphatic carbocycles. The van der Waals surface area contributed by atoms with Gasteiger partial charge >= 0.3 is 0 Å². The Hall–Kier alpha value is -3.35. The van der Waals surface area contributed by atoms with Crippen LogP contribution < -0.4 is 20.1 Å². The monoisotopic (exact) mass is 396 g/mol. The molecule has 7 nitrogen and oxygen atoms in total. The lowest BCUT2D eigenvalue weighted by atomic mass is 9.98. The van der Waals surface area contributed by atoms with Gasteiger partial charge in [-0.3, -0.25) is 14.4 Å². The molecule has 0 spiro atoms. The molecule has 0 aromatic heterocycles. The zero-order valence-corrected chi connectivity index (χ0v) is 16.8. The van der Waals surface area contributed by atoms with Crippen LogP contribution in [0, 0.1) is 6.92 Å². The lowest BCUT2D eigenvalue weighted by Crippen LogP contribution is -2.20. The molecule has 0 saturated heterocycles. The average molecular weight is 396 g/mol.